The number of halogens is 1. The van der Waals surface area contributed by atoms with Crippen LogP contribution in [0.25, 0.3) is 16.9 Å². The summed E-state index contributed by atoms with van der Waals surface area (Å²) in [4.78, 5) is 15.9. The van der Waals surface area contributed by atoms with Crippen molar-refractivity contribution < 1.29 is 9.90 Å². The standard InChI is InChI=1S/C17H14ClN3O2/c1-2-9-3-5-11-10(7-9)4-6-12-14(11)20-16-13(17(22)23)8-19-21(16)15(12)18/h3,5,7-8H,2,4,6H2,1H3,(H,22,23). The lowest BCUT2D eigenvalue weighted by molar-refractivity contribution is 0.0699. The van der Waals surface area contributed by atoms with Gasteiger partial charge in [-0.25, -0.2) is 14.3 Å². The molecule has 1 aromatic carbocycles. The lowest BCUT2D eigenvalue weighted by Gasteiger charge is -2.21. The quantitative estimate of drug-likeness (QED) is 0.732. The van der Waals surface area contributed by atoms with E-state index >= 15 is 0 Å². The van der Waals surface area contributed by atoms with Gasteiger partial charge in [-0.2, -0.15) is 5.10 Å². The minimum atomic E-state index is -1.05. The summed E-state index contributed by atoms with van der Waals surface area (Å²) in [6.07, 6.45) is 3.96. The second-order valence-electron chi connectivity index (χ2n) is 5.67. The topological polar surface area (TPSA) is 67.5 Å². The van der Waals surface area contributed by atoms with E-state index in [-0.39, 0.29) is 11.2 Å². The molecule has 2 heterocycles. The summed E-state index contributed by atoms with van der Waals surface area (Å²) in [6.45, 7) is 2.13. The first-order chi connectivity index (χ1) is 11.1. The van der Waals surface area contributed by atoms with Crippen LogP contribution >= 0.6 is 11.6 Å². The molecule has 23 heavy (non-hydrogen) atoms. The van der Waals surface area contributed by atoms with Crippen LogP contribution in [0, 0.1) is 0 Å². The number of aromatic carboxylic acids is 1. The summed E-state index contributed by atoms with van der Waals surface area (Å²) in [5, 5.41) is 13.8. The molecule has 0 saturated heterocycles. The molecule has 0 radical (unpaired) electrons. The van der Waals surface area contributed by atoms with Gasteiger partial charge in [0, 0.05) is 11.1 Å². The van der Waals surface area contributed by atoms with Gasteiger partial charge in [0.1, 0.15) is 10.7 Å². The first-order valence-corrected chi connectivity index (χ1v) is 7.89. The molecule has 0 amide bonds. The van der Waals surface area contributed by atoms with Crippen molar-refractivity contribution >= 4 is 23.2 Å². The zero-order chi connectivity index (χ0) is 16.1. The Hall–Kier alpha value is -2.40. The van der Waals surface area contributed by atoms with Crippen molar-refractivity contribution in [1.82, 2.24) is 14.6 Å². The van der Waals surface area contributed by atoms with Crippen LogP contribution in [0.5, 0.6) is 0 Å². The highest BCUT2D eigenvalue weighted by Gasteiger charge is 2.25. The molecule has 5 nitrogen and oxygen atoms in total. The smallest absolute Gasteiger partial charge is 0.341 e. The summed E-state index contributed by atoms with van der Waals surface area (Å²) < 4.78 is 1.41. The molecule has 1 N–H and O–H groups in total. The highest BCUT2D eigenvalue weighted by Crippen LogP contribution is 2.37. The molecule has 0 saturated carbocycles. The largest absolute Gasteiger partial charge is 0.477 e. The minimum Gasteiger partial charge on any atom is -0.477 e. The number of fused-ring (bicyclic) bond motifs is 4. The number of hydrogen-bond donors (Lipinski definition) is 1. The maximum absolute atomic E-state index is 11.3. The summed E-state index contributed by atoms with van der Waals surface area (Å²) >= 11 is 6.47. The van der Waals surface area contributed by atoms with Crippen LogP contribution in [0.2, 0.25) is 5.15 Å². The molecule has 0 fully saturated rings. The molecule has 0 bridgehead atoms. The molecule has 0 atom stereocenters. The molecular formula is C17H14ClN3O2. The van der Waals surface area contributed by atoms with Crippen LogP contribution in [0.4, 0.5) is 0 Å². The first kappa shape index (κ1) is 14.2. The lowest BCUT2D eigenvalue weighted by atomic mass is 9.88. The molecule has 4 rings (SSSR count). The molecule has 3 aromatic rings. The lowest BCUT2D eigenvalue weighted by Crippen LogP contribution is -2.11. The monoisotopic (exact) mass is 327 g/mol. The van der Waals surface area contributed by atoms with Crippen LogP contribution in [0.1, 0.15) is 34.0 Å². The van der Waals surface area contributed by atoms with Gasteiger partial charge in [0.05, 0.1) is 11.9 Å². The van der Waals surface area contributed by atoms with E-state index in [0.717, 1.165) is 36.1 Å². The molecule has 1 aliphatic rings. The number of aromatic nitrogens is 3. The van der Waals surface area contributed by atoms with Crippen LogP contribution in [-0.4, -0.2) is 25.7 Å². The highest BCUT2D eigenvalue weighted by molar-refractivity contribution is 6.31. The third-order valence-electron chi connectivity index (χ3n) is 4.39. The summed E-state index contributed by atoms with van der Waals surface area (Å²) in [7, 11) is 0. The number of carbonyl (C=O) groups is 1. The van der Waals surface area contributed by atoms with E-state index < -0.39 is 5.97 Å². The average molecular weight is 328 g/mol. The van der Waals surface area contributed by atoms with E-state index in [2.05, 4.69) is 35.2 Å². The van der Waals surface area contributed by atoms with Crippen LogP contribution in [0.15, 0.2) is 24.4 Å². The Labute approximate surface area is 137 Å². The van der Waals surface area contributed by atoms with E-state index in [1.807, 2.05) is 0 Å². The molecule has 2 aromatic heterocycles. The van der Waals surface area contributed by atoms with Crippen molar-refractivity contribution in [2.75, 3.05) is 0 Å². The van der Waals surface area contributed by atoms with E-state index in [0.29, 0.717) is 5.15 Å². The van der Waals surface area contributed by atoms with Crippen molar-refractivity contribution in [3.8, 4) is 11.3 Å². The van der Waals surface area contributed by atoms with Gasteiger partial charge >= 0.3 is 5.97 Å². The Morgan fingerprint density at radius 1 is 1.39 bits per heavy atom. The first-order valence-electron chi connectivity index (χ1n) is 7.51. The van der Waals surface area contributed by atoms with E-state index in [1.54, 1.807) is 0 Å². The van der Waals surface area contributed by atoms with Crippen molar-refractivity contribution in [2.45, 2.75) is 26.2 Å². The normalized spacial score (nSPS) is 13.0. The Morgan fingerprint density at radius 3 is 2.96 bits per heavy atom. The number of aryl methyl sites for hydroxylation is 2. The number of rotatable bonds is 2. The van der Waals surface area contributed by atoms with Gasteiger partial charge in [0.25, 0.3) is 0 Å². The molecule has 0 spiro atoms. The Kier molecular flexibility index (Phi) is 3.13. The Balaban J connectivity index is 2.02. The maximum Gasteiger partial charge on any atom is 0.341 e. The second-order valence-corrected chi connectivity index (χ2v) is 6.03. The number of benzene rings is 1. The number of nitrogens with zero attached hydrogens (tertiary/aromatic N) is 3. The summed E-state index contributed by atoms with van der Waals surface area (Å²) in [5.41, 5.74) is 5.60. The highest BCUT2D eigenvalue weighted by atomic mass is 35.5. The van der Waals surface area contributed by atoms with Crippen molar-refractivity contribution in [3.63, 3.8) is 0 Å². The fourth-order valence-electron chi connectivity index (χ4n) is 3.15. The zero-order valence-corrected chi connectivity index (χ0v) is 13.3. The van der Waals surface area contributed by atoms with Gasteiger partial charge in [0.15, 0.2) is 5.65 Å². The Bertz CT molecular complexity index is 962. The minimum absolute atomic E-state index is 0.0620. The zero-order valence-electron chi connectivity index (χ0n) is 12.5. The molecule has 1 aliphatic carbocycles. The van der Waals surface area contributed by atoms with Gasteiger partial charge in [-0.1, -0.05) is 36.7 Å². The molecule has 116 valence electrons. The molecular weight excluding hydrogens is 314 g/mol. The fourth-order valence-corrected chi connectivity index (χ4v) is 3.46. The van der Waals surface area contributed by atoms with E-state index in [4.69, 9.17) is 11.6 Å². The molecule has 6 heteroatoms. The fraction of sp³-hybridized carbons (Fsp3) is 0.235. The third kappa shape index (κ3) is 2.04. The summed E-state index contributed by atoms with van der Waals surface area (Å²) in [6, 6.07) is 6.34. The van der Waals surface area contributed by atoms with E-state index in [9.17, 15) is 9.90 Å². The van der Waals surface area contributed by atoms with Gasteiger partial charge < -0.3 is 5.11 Å². The van der Waals surface area contributed by atoms with Crippen molar-refractivity contribution in [2.24, 2.45) is 0 Å². The van der Waals surface area contributed by atoms with Crippen molar-refractivity contribution in [3.05, 3.63) is 51.8 Å². The van der Waals surface area contributed by atoms with Gasteiger partial charge in [-0.05, 0) is 30.4 Å². The van der Waals surface area contributed by atoms with E-state index in [1.165, 1.54) is 21.8 Å². The number of carboxylic acids is 1. The van der Waals surface area contributed by atoms with Crippen LogP contribution < -0.4 is 0 Å². The van der Waals surface area contributed by atoms with Gasteiger partial charge in [0.2, 0.25) is 0 Å². The maximum atomic E-state index is 11.3. The SMILES string of the molecule is CCc1ccc2c(c1)CCc1c-2nc2c(C(=O)O)cnn2c1Cl. The predicted molar refractivity (Wildman–Crippen MR) is 87.2 cm³/mol. The average Bonchev–Trinajstić information content (AvgIpc) is 2.98. The predicted octanol–water partition coefficient (Wildman–Crippen LogP) is 3.41. The number of carboxylic acid groups (broad SMARTS) is 1. The molecule has 0 aliphatic heterocycles. The van der Waals surface area contributed by atoms with Crippen LogP contribution in [0.3, 0.4) is 0 Å². The summed E-state index contributed by atoms with van der Waals surface area (Å²) in [5.74, 6) is -1.05. The third-order valence-corrected chi connectivity index (χ3v) is 4.78. The molecule has 0 unspecified atom stereocenters. The van der Waals surface area contributed by atoms with Crippen molar-refractivity contribution in [1.29, 1.82) is 0 Å². The van der Waals surface area contributed by atoms with Crippen LogP contribution in [-0.2, 0) is 19.3 Å². The second kappa shape index (κ2) is 5.06. The van der Waals surface area contributed by atoms with Gasteiger partial charge in [-0.3, -0.25) is 0 Å². The Morgan fingerprint density at radius 2 is 2.22 bits per heavy atom. The van der Waals surface area contributed by atoms with Gasteiger partial charge in [-0.15, -0.1) is 0 Å². The number of hydrogen-bond acceptors (Lipinski definition) is 3.